The number of benzene rings is 1. The number of halogens is 1. The fraction of sp³-hybridized carbons (Fsp3) is 0.550. The first-order chi connectivity index (χ1) is 12.1. The van der Waals surface area contributed by atoms with Gasteiger partial charge in [-0.2, -0.15) is 0 Å². The predicted molar refractivity (Wildman–Crippen MR) is 108 cm³/mol. The standard InChI is InChI=1S/C20H27IO4/c1-24-19-13-16(7-9-20(22)23)6-8-18(19)25-14-17(10-11-21)12-15-4-2-3-5-15/h6,8,12-13,15H,2-5,7,9-11,14H2,1H3,(H,22,23)/b17-12+. The zero-order valence-corrected chi connectivity index (χ0v) is 17.0. The largest absolute Gasteiger partial charge is 0.493 e. The number of allylic oxidation sites excluding steroid dienone is 1. The zero-order chi connectivity index (χ0) is 18.1. The van der Waals surface area contributed by atoms with Crippen molar-refractivity contribution < 1.29 is 19.4 Å². The van der Waals surface area contributed by atoms with Crippen LogP contribution in [0.2, 0.25) is 0 Å². The maximum absolute atomic E-state index is 10.7. The van der Waals surface area contributed by atoms with Crippen molar-refractivity contribution in [3.63, 3.8) is 0 Å². The van der Waals surface area contributed by atoms with Crippen molar-refractivity contribution in [2.45, 2.75) is 44.9 Å². The minimum absolute atomic E-state index is 0.118. The highest BCUT2D eigenvalue weighted by atomic mass is 127. The summed E-state index contributed by atoms with van der Waals surface area (Å²) < 4.78 is 12.5. The molecule has 0 atom stereocenters. The molecule has 2 rings (SSSR count). The molecular weight excluding hydrogens is 431 g/mol. The Morgan fingerprint density at radius 3 is 2.68 bits per heavy atom. The quantitative estimate of drug-likeness (QED) is 0.304. The molecule has 1 aromatic carbocycles. The lowest BCUT2D eigenvalue weighted by molar-refractivity contribution is -0.136. The van der Waals surface area contributed by atoms with Crippen molar-refractivity contribution in [2.75, 3.05) is 18.1 Å². The van der Waals surface area contributed by atoms with E-state index in [0.717, 1.165) is 16.4 Å². The molecule has 0 amide bonds. The van der Waals surface area contributed by atoms with Gasteiger partial charge in [0, 0.05) is 10.8 Å². The number of rotatable bonds is 10. The molecule has 0 bridgehead atoms. The van der Waals surface area contributed by atoms with Gasteiger partial charge in [-0.25, -0.2) is 0 Å². The Labute approximate surface area is 163 Å². The van der Waals surface area contributed by atoms with Gasteiger partial charge in [0.1, 0.15) is 6.61 Å². The van der Waals surface area contributed by atoms with Crippen LogP contribution in [0.5, 0.6) is 11.5 Å². The van der Waals surface area contributed by atoms with Crippen molar-refractivity contribution in [3.05, 3.63) is 35.4 Å². The second-order valence-electron chi connectivity index (χ2n) is 6.48. The summed E-state index contributed by atoms with van der Waals surface area (Å²) in [6.07, 6.45) is 9.35. The van der Waals surface area contributed by atoms with E-state index in [1.165, 1.54) is 31.3 Å². The normalized spacial score (nSPS) is 15.4. The molecule has 25 heavy (non-hydrogen) atoms. The summed E-state index contributed by atoms with van der Waals surface area (Å²) in [5.74, 6) is 1.30. The SMILES string of the molecule is COc1cc(CCC(=O)O)ccc1OC/C(=C/C1CCCC1)CCI. The molecule has 0 heterocycles. The molecule has 0 radical (unpaired) electrons. The van der Waals surface area contributed by atoms with Crippen molar-refractivity contribution in [1.82, 2.24) is 0 Å². The smallest absolute Gasteiger partial charge is 0.303 e. The highest BCUT2D eigenvalue weighted by Crippen LogP contribution is 2.31. The van der Waals surface area contributed by atoms with Crippen molar-refractivity contribution in [3.8, 4) is 11.5 Å². The maximum atomic E-state index is 10.7. The van der Waals surface area contributed by atoms with E-state index in [1.54, 1.807) is 7.11 Å². The summed E-state index contributed by atoms with van der Waals surface area (Å²) in [5.41, 5.74) is 2.30. The Hall–Kier alpha value is -1.24. The Morgan fingerprint density at radius 2 is 2.04 bits per heavy atom. The molecule has 5 heteroatoms. The fourth-order valence-electron chi connectivity index (χ4n) is 3.19. The zero-order valence-electron chi connectivity index (χ0n) is 14.8. The second-order valence-corrected chi connectivity index (χ2v) is 7.55. The number of ether oxygens (including phenoxy) is 2. The highest BCUT2D eigenvalue weighted by molar-refractivity contribution is 14.1. The van der Waals surface area contributed by atoms with Crippen LogP contribution in [0.4, 0.5) is 0 Å². The van der Waals surface area contributed by atoms with Crippen molar-refractivity contribution in [2.24, 2.45) is 5.92 Å². The fourth-order valence-corrected chi connectivity index (χ4v) is 3.88. The number of alkyl halides is 1. The van der Waals surface area contributed by atoms with E-state index >= 15 is 0 Å². The molecule has 0 spiro atoms. The van der Waals surface area contributed by atoms with Gasteiger partial charge in [0.05, 0.1) is 7.11 Å². The number of aryl methyl sites for hydroxylation is 1. The maximum Gasteiger partial charge on any atom is 0.303 e. The summed E-state index contributed by atoms with van der Waals surface area (Å²) in [7, 11) is 1.61. The van der Waals surface area contributed by atoms with Crippen LogP contribution in [0, 0.1) is 5.92 Å². The molecular formula is C20H27IO4. The molecule has 1 aromatic rings. The van der Waals surface area contributed by atoms with Crippen LogP contribution in [0.15, 0.2) is 29.8 Å². The molecule has 1 saturated carbocycles. The van der Waals surface area contributed by atoms with Crippen LogP contribution in [0.1, 0.15) is 44.1 Å². The number of aliphatic carboxylic acids is 1. The number of carboxylic acid groups (broad SMARTS) is 1. The van der Waals surface area contributed by atoms with E-state index in [1.807, 2.05) is 18.2 Å². The topological polar surface area (TPSA) is 55.8 Å². The lowest BCUT2D eigenvalue weighted by Gasteiger charge is -2.15. The Morgan fingerprint density at radius 1 is 1.28 bits per heavy atom. The van der Waals surface area contributed by atoms with Crippen molar-refractivity contribution in [1.29, 1.82) is 0 Å². The Balaban J connectivity index is 2.00. The first-order valence-electron chi connectivity index (χ1n) is 8.89. The van der Waals surface area contributed by atoms with Crippen molar-refractivity contribution >= 4 is 28.6 Å². The third-order valence-electron chi connectivity index (χ3n) is 4.56. The van der Waals surface area contributed by atoms with Gasteiger partial charge < -0.3 is 14.6 Å². The summed E-state index contributed by atoms with van der Waals surface area (Å²) in [5, 5.41) is 8.81. The summed E-state index contributed by atoms with van der Waals surface area (Å²) in [6, 6.07) is 5.67. The van der Waals surface area contributed by atoms with Gasteiger partial charge >= 0.3 is 5.97 Å². The molecule has 0 saturated heterocycles. The molecule has 1 fully saturated rings. The van der Waals surface area contributed by atoms with E-state index in [-0.39, 0.29) is 6.42 Å². The third-order valence-corrected chi connectivity index (χ3v) is 5.09. The van der Waals surface area contributed by atoms with Crippen LogP contribution < -0.4 is 9.47 Å². The minimum Gasteiger partial charge on any atom is -0.493 e. The number of hydrogen-bond donors (Lipinski definition) is 1. The van der Waals surface area contributed by atoms with Gasteiger partial charge in [-0.1, -0.05) is 47.6 Å². The molecule has 0 unspecified atom stereocenters. The average molecular weight is 458 g/mol. The van der Waals surface area contributed by atoms with Crippen LogP contribution >= 0.6 is 22.6 Å². The highest BCUT2D eigenvalue weighted by Gasteiger charge is 2.14. The Bertz CT molecular complexity index is 591. The first kappa shape index (κ1) is 20.1. The minimum atomic E-state index is -0.792. The number of methoxy groups -OCH3 is 1. The molecule has 1 N–H and O–H groups in total. The molecule has 4 nitrogen and oxygen atoms in total. The van der Waals surface area contributed by atoms with Crippen LogP contribution in [-0.4, -0.2) is 29.2 Å². The predicted octanol–water partition coefficient (Wildman–Crippen LogP) is 5.03. The van der Waals surface area contributed by atoms with Gasteiger partial charge in [0.15, 0.2) is 11.5 Å². The van der Waals surface area contributed by atoms with Crippen LogP contribution in [-0.2, 0) is 11.2 Å². The third kappa shape index (κ3) is 6.88. The molecule has 1 aliphatic rings. The van der Waals surface area contributed by atoms with Gasteiger partial charge in [0.2, 0.25) is 0 Å². The van der Waals surface area contributed by atoms with Gasteiger partial charge in [-0.3, -0.25) is 4.79 Å². The number of carboxylic acids is 1. The van der Waals surface area contributed by atoms with Crippen LogP contribution in [0.3, 0.4) is 0 Å². The number of carbonyl (C=O) groups is 1. The van der Waals surface area contributed by atoms with E-state index in [0.29, 0.717) is 30.4 Å². The lowest BCUT2D eigenvalue weighted by Crippen LogP contribution is -2.06. The molecule has 0 aromatic heterocycles. The second kappa shape index (κ2) is 10.7. The first-order valence-corrected chi connectivity index (χ1v) is 10.4. The van der Waals surface area contributed by atoms with E-state index in [9.17, 15) is 4.79 Å². The van der Waals surface area contributed by atoms with E-state index < -0.39 is 5.97 Å². The van der Waals surface area contributed by atoms with E-state index in [4.69, 9.17) is 14.6 Å². The van der Waals surface area contributed by atoms with Gasteiger partial charge in [-0.05, 0) is 54.9 Å². The van der Waals surface area contributed by atoms with Gasteiger partial charge in [-0.15, -0.1) is 0 Å². The monoisotopic (exact) mass is 458 g/mol. The van der Waals surface area contributed by atoms with Gasteiger partial charge in [0.25, 0.3) is 0 Å². The average Bonchev–Trinajstić information content (AvgIpc) is 3.11. The van der Waals surface area contributed by atoms with Crippen LogP contribution in [0.25, 0.3) is 0 Å². The summed E-state index contributed by atoms with van der Waals surface area (Å²) in [4.78, 5) is 10.7. The Kier molecular flexibility index (Phi) is 8.58. The summed E-state index contributed by atoms with van der Waals surface area (Å²) in [6.45, 7) is 0.588. The molecule has 138 valence electrons. The van der Waals surface area contributed by atoms with E-state index in [2.05, 4.69) is 28.7 Å². The number of hydrogen-bond acceptors (Lipinski definition) is 3. The molecule has 1 aliphatic carbocycles. The molecule has 0 aliphatic heterocycles. The summed E-state index contributed by atoms with van der Waals surface area (Å²) >= 11 is 2.41. The lowest BCUT2D eigenvalue weighted by atomic mass is 10.0.